The van der Waals surface area contributed by atoms with Crippen molar-refractivity contribution in [1.29, 1.82) is 0 Å². The van der Waals surface area contributed by atoms with Crippen molar-refractivity contribution in [1.82, 2.24) is 9.29 Å². The van der Waals surface area contributed by atoms with Crippen LogP contribution in [0.15, 0.2) is 17.2 Å². The number of hydrogen-bond donors (Lipinski definition) is 2. The number of carbonyl (C=O) groups is 1. The Morgan fingerprint density at radius 1 is 1.63 bits per heavy atom. The molecule has 0 aliphatic carbocycles. The zero-order valence-corrected chi connectivity index (χ0v) is 11.3. The normalized spacial score (nSPS) is 20.0. The van der Waals surface area contributed by atoms with Gasteiger partial charge in [0.05, 0.1) is 6.10 Å². The lowest BCUT2D eigenvalue weighted by Gasteiger charge is -2.19. The van der Waals surface area contributed by atoms with Gasteiger partial charge >= 0.3 is 5.97 Å². The smallest absolute Gasteiger partial charge is 0.352 e. The second kappa shape index (κ2) is 5.32. The summed E-state index contributed by atoms with van der Waals surface area (Å²) >= 11 is 0. The monoisotopic (exact) mass is 288 g/mol. The van der Waals surface area contributed by atoms with E-state index in [1.54, 1.807) is 0 Å². The van der Waals surface area contributed by atoms with Gasteiger partial charge < -0.3 is 14.8 Å². The number of sulfonamides is 1. The first kappa shape index (κ1) is 14.0. The molecule has 0 saturated carbocycles. The first-order valence-electron chi connectivity index (χ1n) is 5.91. The van der Waals surface area contributed by atoms with Crippen LogP contribution >= 0.6 is 0 Å². The summed E-state index contributed by atoms with van der Waals surface area (Å²) in [6.45, 7) is 0.932. The maximum absolute atomic E-state index is 12.2. The van der Waals surface area contributed by atoms with Crippen molar-refractivity contribution < 1.29 is 23.1 Å². The van der Waals surface area contributed by atoms with Crippen LogP contribution in [0.25, 0.3) is 0 Å². The predicted octanol–water partition coefficient (Wildman–Crippen LogP) is 0.512. The SMILES string of the molecule is CN(CC1CCCO1)S(=O)(=O)c1c[nH]c(C(=O)O)c1. The van der Waals surface area contributed by atoms with Crippen molar-refractivity contribution in [3.05, 3.63) is 18.0 Å². The number of hydrogen-bond acceptors (Lipinski definition) is 4. The highest BCUT2D eigenvalue weighted by molar-refractivity contribution is 7.89. The molecule has 0 aromatic carbocycles. The standard InChI is InChI=1S/C11H16N2O5S/c1-13(7-8-3-2-4-18-8)19(16,17)9-5-10(11(14)15)12-6-9/h5-6,8,12H,2-4,7H2,1H3,(H,14,15). The summed E-state index contributed by atoms with van der Waals surface area (Å²) in [5.74, 6) is -1.19. The Hall–Kier alpha value is -1.38. The minimum atomic E-state index is -3.68. The molecular formula is C11H16N2O5S. The maximum Gasteiger partial charge on any atom is 0.352 e. The molecule has 0 bridgehead atoms. The quantitative estimate of drug-likeness (QED) is 0.822. The number of likely N-dealkylation sites (N-methyl/N-ethyl adjacent to an activating group) is 1. The number of ether oxygens (including phenoxy) is 1. The van der Waals surface area contributed by atoms with E-state index in [2.05, 4.69) is 4.98 Å². The van der Waals surface area contributed by atoms with Gasteiger partial charge in [0.1, 0.15) is 10.6 Å². The summed E-state index contributed by atoms with van der Waals surface area (Å²) in [4.78, 5) is 13.1. The maximum atomic E-state index is 12.2. The number of carboxylic acids is 1. The van der Waals surface area contributed by atoms with Crippen molar-refractivity contribution in [2.75, 3.05) is 20.2 Å². The minimum absolute atomic E-state index is 0.0506. The third kappa shape index (κ3) is 2.96. The van der Waals surface area contributed by atoms with Gasteiger partial charge in [0.25, 0.3) is 0 Å². The first-order chi connectivity index (χ1) is 8.91. The second-order valence-corrected chi connectivity index (χ2v) is 6.52. The van der Waals surface area contributed by atoms with E-state index >= 15 is 0 Å². The van der Waals surface area contributed by atoms with Gasteiger partial charge in [0.15, 0.2) is 0 Å². The second-order valence-electron chi connectivity index (χ2n) is 4.47. The summed E-state index contributed by atoms with van der Waals surface area (Å²) in [6, 6.07) is 1.11. The van der Waals surface area contributed by atoms with Crippen LogP contribution < -0.4 is 0 Å². The number of rotatable bonds is 5. The molecule has 1 aromatic heterocycles. The highest BCUT2D eigenvalue weighted by Crippen LogP contribution is 2.19. The lowest BCUT2D eigenvalue weighted by molar-refractivity contribution is 0.0691. The third-order valence-corrected chi connectivity index (χ3v) is 4.88. The Kier molecular flexibility index (Phi) is 3.93. The van der Waals surface area contributed by atoms with Gasteiger partial charge in [-0.2, -0.15) is 4.31 Å². The molecule has 2 rings (SSSR count). The summed E-state index contributed by atoms with van der Waals surface area (Å²) in [7, 11) is -2.22. The van der Waals surface area contributed by atoms with Crippen LogP contribution in [-0.2, 0) is 14.8 Å². The Balaban J connectivity index is 2.13. The van der Waals surface area contributed by atoms with Crippen LogP contribution in [0.4, 0.5) is 0 Å². The van der Waals surface area contributed by atoms with E-state index < -0.39 is 16.0 Å². The summed E-state index contributed by atoms with van der Waals surface area (Å²) < 4.78 is 31.0. The zero-order chi connectivity index (χ0) is 14.0. The number of carboxylic acid groups (broad SMARTS) is 1. The van der Waals surface area contributed by atoms with Crippen LogP contribution in [0.1, 0.15) is 23.3 Å². The fraction of sp³-hybridized carbons (Fsp3) is 0.545. The number of aromatic nitrogens is 1. The van der Waals surface area contributed by atoms with Gasteiger partial charge in [0.2, 0.25) is 10.0 Å². The summed E-state index contributed by atoms with van der Waals surface area (Å²) in [5.41, 5.74) is -0.149. The van der Waals surface area contributed by atoms with Gasteiger partial charge in [-0.15, -0.1) is 0 Å². The van der Waals surface area contributed by atoms with Crippen molar-refractivity contribution in [3.8, 4) is 0 Å². The fourth-order valence-corrected chi connectivity index (χ4v) is 3.20. The van der Waals surface area contributed by atoms with Crippen molar-refractivity contribution >= 4 is 16.0 Å². The molecule has 1 aliphatic heterocycles. The third-order valence-electron chi connectivity index (χ3n) is 3.08. The molecule has 2 N–H and O–H groups in total. The molecule has 2 heterocycles. The first-order valence-corrected chi connectivity index (χ1v) is 7.35. The van der Waals surface area contributed by atoms with Crippen LogP contribution in [0.3, 0.4) is 0 Å². The molecule has 1 unspecified atom stereocenters. The Morgan fingerprint density at radius 3 is 2.89 bits per heavy atom. The van der Waals surface area contributed by atoms with E-state index in [0.29, 0.717) is 6.61 Å². The molecule has 1 atom stereocenters. The van der Waals surface area contributed by atoms with E-state index in [9.17, 15) is 13.2 Å². The molecule has 8 heteroatoms. The van der Waals surface area contributed by atoms with Crippen LogP contribution in [0.2, 0.25) is 0 Å². The number of nitrogens with zero attached hydrogens (tertiary/aromatic N) is 1. The predicted molar refractivity (Wildman–Crippen MR) is 66.5 cm³/mol. The van der Waals surface area contributed by atoms with Gasteiger partial charge in [-0.05, 0) is 18.9 Å². The number of H-pyrrole nitrogens is 1. The van der Waals surface area contributed by atoms with Crippen molar-refractivity contribution in [2.45, 2.75) is 23.8 Å². The molecule has 106 valence electrons. The minimum Gasteiger partial charge on any atom is -0.477 e. The Morgan fingerprint density at radius 2 is 2.37 bits per heavy atom. The largest absolute Gasteiger partial charge is 0.477 e. The molecular weight excluding hydrogens is 272 g/mol. The average Bonchev–Trinajstić information content (AvgIpc) is 2.99. The molecule has 0 amide bonds. The molecule has 0 radical (unpaired) electrons. The molecule has 1 aromatic rings. The van der Waals surface area contributed by atoms with E-state index in [1.165, 1.54) is 17.5 Å². The lowest BCUT2D eigenvalue weighted by Crippen LogP contribution is -2.33. The van der Waals surface area contributed by atoms with Crippen LogP contribution in [0, 0.1) is 0 Å². The topological polar surface area (TPSA) is 99.7 Å². The van der Waals surface area contributed by atoms with Crippen LogP contribution in [0.5, 0.6) is 0 Å². The Labute approximate surface area is 111 Å². The number of nitrogens with one attached hydrogen (secondary N) is 1. The van der Waals surface area contributed by atoms with Gasteiger partial charge in [-0.1, -0.05) is 0 Å². The van der Waals surface area contributed by atoms with E-state index in [4.69, 9.17) is 9.84 Å². The van der Waals surface area contributed by atoms with E-state index in [-0.39, 0.29) is 23.2 Å². The van der Waals surface area contributed by atoms with E-state index in [1.807, 2.05) is 0 Å². The lowest BCUT2D eigenvalue weighted by atomic mass is 10.2. The fourth-order valence-electron chi connectivity index (χ4n) is 2.00. The van der Waals surface area contributed by atoms with Crippen LogP contribution in [-0.4, -0.2) is 55.1 Å². The number of aromatic carboxylic acids is 1. The average molecular weight is 288 g/mol. The summed E-state index contributed by atoms with van der Waals surface area (Å²) in [6.07, 6.45) is 2.88. The zero-order valence-electron chi connectivity index (χ0n) is 10.5. The molecule has 0 spiro atoms. The van der Waals surface area contributed by atoms with Gasteiger partial charge in [-0.25, -0.2) is 13.2 Å². The Bertz CT molecular complexity index is 559. The summed E-state index contributed by atoms with van der Waals surface area (Å²) in [5, 5.41) is 8.77. The molecule has 1 aliphatic rings. The number of aromatic amines is 1. The molecule has 1 saturated heterocycles. The van der Waals surface area contributed by atoms with E-state index in [0.717, 1.165) is 18.9 Å². The van der Waals surface area contributed by atoms with Gasteiger partial charge in [0, 0.05) is 26.4 Å². The van der Waals surface area contributed by atoms with Crippen molar-refractivity contribution in [3.63, 3.8) is 0 Å². The molecule has 19 heavy (non-hydrogen) atoms. The van der Waals surface area contributed by atoms with Gasteiger partial charge in [-0.3, -0.25) is 0 Å². The van der Waals surface area contributed by atoms with Crippen molar-refractivity contribution in [2.24, 2.45) is 0 Å². The highest BCUT2D eigenvalue weighted by Gasteiger charge is 2.27. The molecule has 1 fully saturated rings. The highest BCUT2D eigenvalue weighted by atomic mass is 32.2. The molecule has 7 nitrogen and oxygen atoms in total.